The highest BCUT2D eigenvalue weighted by Crippen LogP contribution is 2.43. The molecule has 0 bridgehead atoms. The number of allylic oxidation sites excluding steroid dienone is 1. The fraction of sp³-hybridized carbons (Fsp3) is 0.900. The Hall–Kier alpha value is 0.440. The second kappa shape index (κ2) is 8.51. The molecule has 1 saturated heterocycles. The molecule has 0 nitrogen and oxygen atoms in total. The summed E-state index contributed by atoms with van der Waals surface area (Å²) in [7, 11) is 0. The Bertz CT molecular complexity index is 351. The number of hydrogen-bond donors (Lipinski definition) is 0. The summed E-state index contributed by atoms with van der Waals surface area (Å²) in [6.07, 6.45) is 6.47. The average Bonchev–Trinajstić information content (AvgIpc) is 2.77. The van der Waals surface area contributed by atoms with Crippen LogP contribution in [0.2, 0.25) is 0 Å². The standard InChI is InChI=1S/C20H38S2/c1-15(13-19(3,4)5)9-10-17(18-21-11-12-22-18)16(2)14-20(6,7)8/h10,15-16,18H,9,11-14H2,1-8H3/b17-10-/t15-,16+/m1/s1. The lowest BCUT2D eigenvalue weighted by Crippen LogP contribution is -2.17. The van der Waals surface area contributed by atoms with Gasteiger partial charge >= 0.3 is 0 Å². The Morgan fingerprint density at radius 1 is 0.955 bits per heavy atom. The molecule has 2 heteroatoms. The molecule has 1 heterocycles. The van der Waals surface area contributed by atoms with E-state index in [0.29, 0.717) is 16.7 Å². The SMILES string of the molecule is C[C@H](C/C=C(\C1SCCS1)[C@@H](C)CC(C)(C)C)CC(C)(C)C. The first kappa shape index (κ1) is 20.5. The van der Waals surface area contributed by atoms with E-state index >= 15 is 0 Å². The van der Waals surface area contributed by atoms with Crippen molar-refractivity contribution in [3.8, 4) is 0 Å². The van der Waals surface area contributed by atoms with Crippen LogP contribution in [0, 0.1) is 22.7 Å². The van der Waals surface area contributed by atoms with Gasteiger partial charge in [-0.1, -0.05) is 61.5 Å². The smallest absolute Gasteiger partial charge is 0.0714 e. The molecule has 0 radical (unpaired) electrons. The van der Waals surface area contributed by atoms with E-state index in [2.05, 4.69) is 85.0 Å². The molecule has 1 rings (SSSR count). The molecular formula is C20H38S2. The number of hydrogen-bond acceptors (Lipinski definition) is 2. The van der Waals surface area contributed by atoms with Gasteiger partial charge in [-0.25, -0.2) is 0 Å². The Morgan fingerprint density at radius 2 is 1.45 bits per heavy atom. The van der Waals surface area contributed by atoms with Crippen LogP contribution in [0.25, 0.3) is 0 Å². The first-order chi connectivity index (χ1) is 9.98. The first-order valence-corrected chi connectivity index (χ1v) is 11.0. The quantitative estimate of drug-likeness (QED) is 0.466. The van der Waals surface area contributed by atoms with E-state index in [1.54, 1.807) is 5.57 Å². The van der Waals surface area contributed by atoms with Crippen molar-refractivity contribution >= 4 is 23.5 Å². The Kier molecular flexibility index (Phi) is 7.93. The summed E-state index contributed by atoms with van der Waals surface area (Å²) in [5.41, 5.74) is 2.59. The minimum Gasteiger partial charge on any atom is -0.142 e. The van der Waals surface area contributed by atoms with Gasteiger partial charge in [-0.2, -0.15) is 0 Å². The molecule has 1 aliphatic heterocycles. The van der Waals surface area contributed by atoms with Gasteiger partial charge in [-0.15, -0.1) is 23.5 Å². The largest absolute Gasteiger partial charge is 0.142 e. The van der Waals surface area contributed by atoms with Crippen LogP contribution in [0.15, 0.2) is 11.6 Å². The Labute approximate surface area is 148 Å². The van der Waals surface area contributed by atoms with Crippen molar-refractivity contribution in [1.82, 2.24) is 0 Å². The second-order valence-electron chi connectivity index (χ2n) is 9.55. The molecule has 0 aromatic carbocycles. The summed E-state index contributed by atoms with van der Waals surface area (Å²) >= 11 is 4.33. The molecule has 1 fully saturated rings. The molecule has 0 aromatic rings. The van der Waals surface area contributed by atoms with Gasteiger partial charge in [0.25, 0.3) is 0 Å². The van der Waals surface area contributed by atoms with Crippen molar-refractivity contribution in [1.29, 1.82) is 0 Å². The number of rotatable bonds is 6. The third-order valence-corrected chi connectivity index (χ3v) is 7.20. The van der Waals surface area contributed by atoms with Gasteiger partial charge in [-0.05, 0) is 47.5 Å². The van der Waals surface area contributed by atoms with Gasteiger partial charge in [0.15, 0.2) is 0 Å². The fourth-order valence-electron chi connectivity index (χ4n) is 3.58. The van der Waals surface area contributed by atoms with E-state index in [9.17, 15) is 0 Å². The fourth-order valence-corrected chi connectivity index (χ4v) is 6.79. The molecule has 0 spiro atoms. The van der Waals surface area contributed by atoms with E-state index in [4.69, 9.17) is 0 Å². The van der Waals surface area contributed by atoms with Crippen LogP contribution in [0.3, 0.4) is 0 Å². The maximum absolute atomic E-state index is 2.61. The maximum Gasteiger partial charge on any atom is 0.0714 e. The van der Waals surface area contributed by atoms with Crippen LogP contribution in [-0.4, -0.2) is 16.1 Å². The second-order valence-corrected chi connectivity index (χ2v) is 12.3. The van der Waals surface area contributed by atoms with Crippen molar-refractivity contribution in [2.75, 3.05) is 11.5 Å². The highest BCUT2D eigenvalue weighted by atomic mass is 32.2. The molecule has 0 amide bonds. The third kappa shape index (κ3) is 8.34. The van der Waals surface area contributed by atoms with Crippen LogP contribution in [0.4, 0.5) is 0 Å². The molecule has 22 heavy (non-hydrogen) atoms. The predicted octanol–water partition coefficient (Wildman–Crippen LogP) is 7.25. The molecule has 2 atom stereocenters. The predicted molar refractivity (Wildman–Crippen MR) is 108 cm³/mol. The van der Waals surface area contributed by atoms with Crippen molar-refractivity contribution in [2.45, 2.75) is 79.2 Å². The zero-order valence-electron chi connectivity index (χ0n) is 16.2. The maximum atomic E-state index is 2.61. The Balaban J connectivity index is 2.74. The summed E-state index contributed by atoms with van der Waals surface area (Å²) in [5, 5.41) is 0. The molecular weight excluding hydrogens is 304 g/mol. The lowest BCUT2D eigenvalue weighted by molar-refractivity contribution is 0.306. The summed E-state index contributed by atoms with van der Waals surface area (Å²) in [4.78, 5) is 0. The van der Waals surface area contributed by atoms with E-state index in [-0.39, 0.29) is 0 Å². The Morgan fingerprint density at radius 3 is 1.91 bits per heavy atom. The van der Waals surface area contributed by atoms with Gasteiger partial charge in [-0.3, -0.25) is 0 Å². The lowest BCUT2D eigenvalue weighted by Gasteiger charge is -2.28. The minimum absolute atomic E-state index is 0.420. The van der Waals surface area contributed by atoms with Crippen molar-refractivity contribution in [3.63, 3.8) is 0 Å². The van der Waals surface area contributed by atoms with Crippen molar-refractivity contribution in [3.05, 3.63) is 11.6 Å². The molecule has 0 N–H and O–H groups in total. The minimum atomic E-state index is 0.420. The van der Waals surface area contributed by atoms with Gasteiger partial charge in [0.2, 0.25) is 0 Å². The topological polar surface area (TPSA) is 0 Å². The normalized spacial score (nSPS) is 21.2. The lowest BCUT2D eigenvalue weighted by atomic mass is 9.81. The van der Waals surface area contributed by atoms with Gasteiger partial charge in [0.05, 0.1) is 4.58 Å². The van der Waals surface area contributed by atoms with Crippen LogP contribution in [-0.2, 0) is 0 Å². The monoisotopic (exact) mass is 342 g/mol. The van der Waals surface area contributed by atoms with Gasteiger partial charge in [0, 0.05) is 11.5 Å². The summed E-state index contributed by atoms with van der Waals surface area (Å²) in [5.74, 6) is 4.15. The molecule has 0 saturated carbocycles. The van der Waals surface area contributed by atoms with Crippen LogP contribution >= 0.6 is 23.5 Å². The van der Waals surface area contributed by atoms with Crippen LogP contribution in [0.1, 0.15) is 74.7 Å². The van der Waals surface area contributed by atoms with Gasteiger partial charge in [0.1, 0.15) is 0 Å². The highest BCUT2D eigenvalue weighted by Gasteiger charge is 2.27. The first-order valence-electron chi connectivity index (χ1n) is 8.91. The molecule has 130 valence electrons. The highest BCUT2D eigenvalue weighted by molar-refractivity contribution is 8.20. The third-order valence-electron chi connectivity index (χ3n) is 4.10. The van der Waals surface area contributed by atoms with E-state index in [0.717, 1.165) is 10.5 Å². The molecule has 0 aromatic heterocycles. The van der Waals surface area contributed by atoms with Crippen molar-refractivity contribution in [2.24, 2.45) is 22.7 Å². The summed E-state index contributed by atoms with van der Waals surface area (Å²) < 4.78 is 0.721. The zero-order chi connectivity index (χ0) is 17.0. The van der Waals surface area contributed by atoms with Crippen LogP contribution < -0.4 is 0 Å². The number of thioether (sulfide) groups is 2. The zero-order valence-corrected chi connectivity index (χ0v) is 17.8. The van der Waals surface area contributed by atoms with Crippen LogP contribution in [0.5, 0.6) is 0 Å². The molecule has 0 aliphatic carbocycles. The van der Waals surface area contributed by atoms with Gasteiger partial charge < -0.3 is 0 Å². The summed E-state index contributed by atoms with van der Waals surface area (Å²) in [6.45, 7) is 19.1. The van der Waals surface area contributed by atoms with E-state index in [1.807, 2.05) is 0 Å². The van der Waals surface area contributed by atoms with Crippen molar-refractivity contribution < 1.29 is 0 Å². The average molecular weight is 343 g/mol. The molecule has 0 unspecified atom stereocenters. The summed E-state index contributed by atoms with van der Waals surface area (Å²) in [6, 6.07) is 0. The van der Waals surface area contributed by atoms with E-state index in [1.165, 1.54) is 30.8 Å². The molecule has 1 aliphatic rings. The van der Waals surface area contributed by atoms with E-state index < -0.39 is 0 Å².